The normalized spacial score (nSPS) is 22.5. The highest BCUT2D eigenvalue weighted by atomic mass is 35.5. The van der Waals surface area contributed by atoms with Crippen LogP contribution in [0.4, 0.5) is 5.69 Å². The Morgan fingerprint density at radius 2 is 1.55 bits per heavy atom. The molecule has 2 aliphatic heterocycles. The van der Waals surface area contributed by atoms with Gasteiger partial charge in [-0.1, -0.05) is 41.9 Å². The first kappa shape index (κ1) is 20.2. The number of rotatable bonds is 5. The maximum absolute atomic E-state index is 12.8. The maximum Gasteiger partial charge on any atom is 0.277 e. The molecule has 2 fully saturated rings. The molecule has 2 N–H and O–H groups in total. The molecule has 0 spiro atoms. The molecule has 154 valence electrons. The van der Waals surface area contributed by atoms with Crippen molar-refractivity contribution in [2.45, 2.75) is 6.54 Å². The molecule has 29 heavy (non-hydrogen) atoms. The van der Waals surface area contributed by atoms with E-state index in [0.29, 0.717) is 12.5 Å². The zero-order valence-electron chi connectivity index (χ0n) is 16.9. The van der Waals surface area contributed by atoms with Gasteiger partial charge in [0.05, 0.1) is 0 Å². The number of quaternary nitrogens is 2. The molecule has 4 rings (SSSR count). The van der Waals surface area contributed by atoms with Gasteiger partial charge in [0, 0.05) is 42.5 Å². The Hall–Kier alpha value is -2.08. The predicted octanol–water partition coefficient (Wildman–Crippen LogP) is -0.0278. The number of benzene rings is 2. The van der Waals surface area contributed by atoms with Gasteiger partial charge in [-0.2, -0.15) is 0 Å². The molecule has 2 aromatic rings. The van der Waals surface area contributed by atoms with Gasteiger partial charge < -0.3 is 19.6 Å². The van der Waals surface area contributed by atoms with E-state index in [4.69, 9.17) is 11.6 Å². The summed E-state index contributed by atoms with van der Waals surface area (Å²) in [5.74, 6) is 0.311. The number of hydrogen-bond donors (Lipinski definition) is 2. The number of piperazine rings is 2. The van der Waals surface area contributed by atoms with Gasteiger partial charge in [-0.25, -0.2) is 0 Å². The molecule has 2 heterocycles. The Labute approximate surface area is 178 Å². The van der Waals surface area contributed by atoms with E-state index < -0.39 is 0 Å². The van der Waals surface area contributed by atoms with Crippen LogP contribution in [-0.4, -0.2) is 69.7 Å². The summed E-state index contributed by atoms with van der Waals surface area (Å²) in [6, 6.07) is 18.6. The summed E-state index contributed by atoms with van der Waals surface area (Å²) in [6.45, 7) is 9.48. The minimum atomic E-state index is 0.311. The first-order valence-corrected chi connectivity index (χ1v) is 11.0. The number of nitrogens with one attached hydrogen (secondary N) is 2. The van der Waals surface area contributed by atoms with E-state index in [1.807, 2.05) is 18.2 Å². The second-order valence-corrected chi connectivity index (χ2v) is 8.62. The molecule has 6 heteroatoms. The monoisotopic (exact) mass is 414 g/mol. The zero-order chi connectivity index (χ0) is 20.1. The summed E-state index contributed by atoms with van der Waals surface area (Å²) in [4.78, 5) is 20.2. The van der Waals surface area contributed by atoms with Crippen molar-refractivity contribution in [1.29, 1.82) is 0 Å². The third-order valence-corrected chi connectivity index (χ3v) is 6.40. The lowest BCUT2D eigenvalue weighted by molar-refractivity contribution is -1.02. The lowest BCUT2D eigenvalue weighted by Crippen LogP contribution is -3.28. The van der Waals surface area contributed by atoms with E-state index in [1.54, 1.807) is 4.90 Å². The lowest BCUT2D eigenvalue weighted by Gasteiger charge is -2.37. The lowest BCUT2D eigenvalue weighted by atomic mass is 10.2. The molecule has 0 atom stereocenters. The Morgan fingerprint density at radius 1 is 0.862 bits per heavy atom. The van der Waals surface area contributed by atoms with Crippen molar-refractivity contribution in [3.05, 3.63) is 65.2 Å². The Morgan fingerprint density at radius 3 is 2.24 bits per heavy atom. The van der Waals surface area contributed by atoms with Gasteiger partial charge in [0.1, 0.15) is 32.7 Å². The standard InChI is InChI=1S/C23H29ClN4O/c24-21-6-4-5-20(17-21)18-25-9-11-26(12-10-25)19-23(29)28-15-13-27(14-16-28)22-7-2-1-3-8-22/h1-8,17H,9-16,18-19H2/p+2. The highest BCUT2D eigenvalue weighted by Gasteiger charge is 2.28. The van der Waals surface area contributed by atoms with Crippen molar-refractivity contribution in [3.63, 3.8) is 0 Å². The van der Waals surface area contributed by atoms with Crippen LogP contribution in [0.2, 0.25) is 5.02 Å². The number of hydrogen-bond acceptors (Lipinski definition) is 2. The van der Waals surface area contributed by atoms with Crippen LogP contribution in [0.3, 0.4) is 0 Å². The topological polar surface area (TPSA) is 32.4 Å². The highest BCUT2D eigenvalue weighted by molar-refractivity contribution is 6.30. The summed E-state index contributed by atoms with van der Waals surface area (Å²) < 4.78 is 0. The second-order valence-electron chi connectivity index (χ2n) is 8.19. The van der Waals surface area contributed by atoms with Gasteiger partial charge in [-0.05, 0) is 24.3 Å². The molecule has 0 radical (unpaired) electrons. The molecule has 0 bridgehead atoms. The van der Waals surface area contributed by atoms with Crippen molar-refractivity contribution in [2.24, 2.45) is 0 Å². The number of anilines is 1. The first-order valence-electron chi connectivity index (χ1n) is 10.7. The van der Waals surface area contributed by atoms with Crippen molar-refractivity contribution in [3.8, 4) is 0 Å². The highest BCUT2D eigenvalue weighted by Crippen LogP contribution is 2.15. The van der Waals surface area contributed by atoms with Crippen LogP contribution < -0.4 is 14.7 Å². The largest absolute Gasteiger partial charge is 0.368 e. The van der Waals surface area contributed by atoms with Crippen molar-refractivity contribution >= 4 is 23.2 Å². The van der Waals surface area contributed by atoms with Gasteiger partial charge in [-0.15, -0.1) is 0 Å². The molecule has 2 aliphatic rings. The molecule has 0 unspecified atom stereocenters. The molecule has 2 saturated heterocycles. The fourth-order valence-electron chi connectivity index (χ4n) is 4.42. The number of nitrogens with zero attached hydrogens (tertiary/aromatic N) is 2. The smallest absolute Gasteiger partial charge is 0.277 e. The van der Waals surface area contributed by atoms with Crippen LogP contribution in [-0.2, 0) is 11.3 Å². The van der Waals surface area contributed by atoms with Crippen LogP contribution >= 0.6 is 11.6 Å². The number of amides is 1. The van der Waals surface area contributed by atoms with E-state index in [9.17, 15) is 4.79 Å². The van der Waals surface area contributed by atoms with Gasteiger partial charge >= 0.3 is 0 Å². The Bertz CT molecular complexity index is 800. The molecular formula is C23H31ClN4O+2. The van der Waals surface area contributed by atoms with Gasteiger partial charge in [-0.3, -0.25) is 4.79 Å². The number of carbonyl (C=O) groups is 1. The number of halogens is 1. The summed E-state index contributed by atoms with van der Waals surface area (Å²) >= 11 is 6.10. The summed E-state index contributed by atoms with van der Waals surface area (Å²) in [7, 11) is 0. The van der Waals surface area contributed by atoms with E-state index in [1.165, 1.54) is 16.2 Å². The zero-order valence-corrected chi connectivity index (χ0v) is 17.7. The second kappa shape index (κ2) is 9.61. The van der Waals surface area contributed by atoms with Crippen LogP contribution in [0.15, 0.2) is 54.6 Å². The molecular weight excluding hydrogens is 384 g/mol. The first-order chi connectivity index (χ1) is 14.2. The summed E-state index contributed by atoms with van der Waals surface area (Å²) in [6.07, 6.45) is 0. The van der Waals surface area contributed by atoms with E-state index >= 15 is 0 Å². The van der Waals surface area contributed by atoms with Gasteiger partial charge in [0.25, 0.3) is 5.91 Å². The summed E-state index contributed by atoms with van der Waals surface area (Å²) in [5, 5.41) is 0.809. The molecule has 0 aliphatic carbocycles. The molecule has 0 saturated carbocycles. The SMILES string of the molecule is O=C(C[NH+]1CC[NH+](Cc2cccc(Cl)c2)CC1)N1CCN(c2ccccc2)CC1. The Balaban J connectivity index is 1.19. The average molecular weight is 415 g/mol. The van der Waals surface area contributed by atoms with E-state index in [-0.39, 0.29) is 0 Å². The van der Waals surface area contributed by atoms with Crippen LogP contribution in [0, 0.1) is 0 Å². The van der Waals surface area contributed by atoms with E-state index in [0.717, 1.165) is 63.9 Å². The van der Waals surface area contributed by atoms with Crippen LogP contribution in [0.25, 0.3) is 0 Å². The minimum absolute atomic E-state index is 0.311. The third kappa shape index (κ3) is 5.50. The average Bonchev–Trinajstić information content (AvgIpc) is 2.76. The van der Waals surface area contributed by atoms with Crippen molar-refractivity contribution in [2.75, 3.05) is 63.8 Å². The minimum Gasteiger partial charge on any atom is -0.368 e. The van der Waals surface area contributed by atoms with E-state index in [2.05, 4.69) is 46.2 Å². The number of carbonyl (C=O) groups excluding carboxylic acids is 1. The quantitative estimate of drug-likeness (QED) is 0.720. The molecule has 1 amide bonds. The molecule has 5 nitrogen and oxygen atoms in total. The Kier molecular flexibility index (Phi) is 6.70. The maximum atomic E-state index is 12.8. The van der Waals surface area contributed by atoms with Crippen LogP contribution in [0.5, 0.6) is 0 Å². The fraction of sp³-hybridized carbons (Fsp3) is 0.435. The van der Waals surface area contributed by atoms with Crippen molar-refractivity contribution < 1.29 is 14.6 Å². The van der Waals surface area contributed by atoms with Crippen molar-refractivity contribution in [1.82, 2.24) is 4.90 Å². The molecule has 2 aromatic carbocycles. The number of para-hydroxylation sites is 1. The van der Waals surface area contributed by atoms with Crippen LogP contribution in [0.1, 0.15) is 5.56 Å². The van der Waals surface area contributed by atoms with Gasteiger partial charge in [0.15, 0.2) is 6.54 Å². The fourth-order valence-corrected chi connectivity index (χ4v) is 4.64. The molecule has 0 aromatic heterocycles. The predicted molar refractivity (Wildman–Crippen MR) is 117 cm³/mol. The van der Waals surface area contributed by atoms with Gasteiger partial charge in [0.2, 0.25) is 0 Å². The third-order valence-electron chi connectivity index (χ3n) is 6.16. The summed E-state index contributed by atoms with van der Waals surface area (Å²) in [5.41, 5.74) is 2.55.